The Bertz CT molecular complexity index is 951. The number of halogens is 1. The fourth-order valence-corrected chi connectivity index (χ4v) is 3.57. The minimum Gasteiger partial charge on any atom is -0.507 e. The second kappa shape index (κ2) is 9.36. The van der Waals surface area contributed by atoms with E-state index in [1.165, 1.54) is 24.3 Å². The van der Waals surface area contributed by atoms with E-state index in [2.05, 4.69) is 0 Å². The van der Waals surface area contributed by atoms with Crippen molar-refractivity contribution in [2.75, 3.05) is 20.3 Å². The number of furan rings is 1. The molecule has 1 aromatic carbocycles. The third-order valence-electron chi connectivity index (χ3n) is 4.78. The van der Waals surface area contributed by atoms with Crippen LogP contribution in [0.4, 0.5) is 0 Å². The van der Waals surface area contributed by atoms with Crippen LogP contribution in [0.25, 0.3) is 5.76 Å². The molecule has 1 saturated heterocycles. The van der Waals surface area contributed by atoms with Gasteiger partial charge in [0.15, 0.2) is 0 Å². The third-order valence-corrected chi connectivity index (χ3v) is 5.11. The topological polar surface area (TPSA) is 89.2 Å². The van der Waals surface area contributed by atoms with Gasteiger partial charge in [0.2, 0.25) is 0 Å². The van der Waals surface area contributed by atoms with Crippen molar-refractivity contribution in [1.82, 2.24) is 4.90 Å². The number of benzene rings is 1. The number of hydrogen-bond donors (Lipinski definition) is 1. The summed E-state index contributed by atoms with van der Waals surface area (Å²) < 4.78 is 16.2. The van der Waals surface area contributed by atoms with Gasteiger partial charge in [-0.25, -0.2) is 0 Å². The lowest BCUT2D eigenvalue weighted by molar-refractivity contribution is -0.140. The molecule has 8 heteroatoms. The van der Waals surface area contributed by atoms with Gasteiger partial charge < -0.3 is 23.9 Å². The van der Waals surface area contributed by atoms with Crippen molar-refractivity contribution in [3.8, 4) is 5.75 Å². The van der Waals surface area contributed by atoms with E-state index in [0.29, 0.717) is 24.5 Å². The molecule has 1 N–H and O–H groups in total. The zero-order valence-electron chi connectivity index (χ0n) is 17.1. The highest BCUT2D eigenvalue weighted by Crippen LogP contribution is 2.41. The Labute approximate surface area is 179 Å². The van der Waals surface area contributed by atoms with Gasteiger partial charge >= 0.3 is 0 Å². The number of Topliss-reactive ketones (excluding diaryl/α,β-unsaturated/α-hetero) is 1. The number of aliphatic hydroxyl groups excluding tert-OH is 1. The third kappa shape index (κ3) is 4.37. The van der Waals surface area contributed by atoms with Crippen LogP contribution in [0, 0.1) is 0 Å². The second-order valence-electron chi connectivity index (χ2n) is 7.13. The molecule has 160 valence electrons. The summed E-state index contributed by atoms with van der Waals surface area (Å²) in [5.74, 6) is -1.05. The van der Waals surface area contributed by atoms with Gasteiger partial charge in [0, 0.05) is 18.7 Å². The van der Waals surface area contributed by atoms with Crippen molar-refractivity contribution in [2.24, 2.45) is 0 Å². The van der Waals surface area contributed by atoms with Gasteiger partial charge in [-0.1, -0.05) is 11.6 Å². The first-order chi connectivity index (χ1) is 14.3. The molecule has 1 amide bonds. The van der Waals surface area contributed by atoms with Crippen molar-refractivity contribution in [3.05, 3.63) is 58.5 Å². The van der Waals surface area contributed by atoms with Crippen LogP contribution in [0.5, 0.6) is 5.75 Å². The molecule has 0 bridgehead atoms. The highest BCUT2D eigenvalue weighted by atomic mass is 35.5. The van der Waals surface area contributed by atoms with E-state index < -0.39 is 17.7 Å². The molecule has 1 unspecified atom stereocenters. The van der Waals surface area contributed by atoms with Crippen LogP contribution in [0.15, 0.2) is 46.6 Å². The summed E-state index contributed by atoms with van der Waals surface area (Å²) in [4.78, 5) is 27.1. The van der Waals surface area contributed by atoms with Crippen LogP contribution < -0.4 is 4.74 Å². The number of nitrogens with zero attached hydrogens (tertiary/aromatic N) is 1. The van der Waals surface area contributed by atoms with Crippen LogP contribution in [0.1, 0.15) is 37.6 Å². The highest BCUT2D eigenvalue weighted by molar-refractivity contribution is 6.46. The molecule has 1 aliphatic rings. The normalized spacial score (nSPS) is 18.4. The van der Waals surface area contributed by atoms with Crippen LogP contribution in [-0.4, -0.2) is 48.1 Å². The molecule has 1 aliphatic heterocycles. The van der Waals surface area contributed by atoms with Gasteiger partial charge in [-0.05, 0) is 50.6 Å². The average Bonchev–Trinajstić information content (AvgIpc) is 3.33. The molecule has 3 rings (SSSR count). The Morgan fingerprint density at radius 1 is 1.30 bits per heavy atom. The zero-order chi connectivity index (χ0) is 21.8. The maximum absolute atomic E-state index is 12.9. The standard InChI is InChI=1S/C22H24ClNO6/c1-13(2)29-11-5-9-24-19(17-6-4-10-30-17)18(21(26)22(24)27)20(25)15-12-14(28-3)7-8-16(15)23/h4,6-8,10,12-13,19,25H,5,9,11H2,1-3H3/b20-18-. The van der Waals surface area contributed by atoms with E-state index >= 15 is 0 Å². The number of carbonyl (C=O) groups is 2. The maximum atomic E-state index is 12.9. The first-order valence-electron chi connectivity index (χ1n) is 9.62. The molecule has 0 aliphatic carbocycles. The number of amides is 1. The van der Waals surface area contributed by atoms with Crippen LogP contribution >= 0.6 is 11.6 Å². The molecule has 2 aromatic rings. The summed E-state index contributed by atoms with van der Waals surface area (Å²) in [5.41, 5.74) is 0.128. The van der Waals surface area contributed by atoms with Gasteiger partial charge in [0.05, 0.1) is 30.1 Å². The number of likely N-dealkylation sites (tertiary alicyclic amines) is 1. The summed E-state index contributed by atoms with van der Waals surface area (Å²) in [7, 11) is 1.48. The molecular formula is C22H24ClNO6. The van der Waals surface area contributed by atoms with E-state index in [4.69, 9.17) is 25.5 Å². The first kappa shape index (κ1) is 21.9. The van der Waals surface area contributed by atoms with Crippen LogP contribution in [-0.2, 0) is 14.3 Å². The SMILES string of the molecule is COc1ccc(Cl)c(/C(O)=C2/C(=O)C(=O)N(CCCOC(C)C)C2c2ccco2)c1. The Morgan fingerprint density at radius 2 is 2.07 bits per heavy atom. The van der Waals surface area contributed by atoms with Gasteiger partial charge in [-0.2, -0.15) is 0 Å². The molecule has 1 fully saturated rings. The Balaban J connectivity index is 2.03. The summed E-state index contributed by atoms with van der Waals surface area (Å²) >= 11 is 6.25. The first-order valence-corrected chi connectivity index (χ1v) is 10.00. The fourth-order valence-electron chi connectivity index (χ4n) is 3.37. The van der Waals surface area contributed by atoms with Gasteiger partial charge in [0.1, 0.15) is 23.3 Å². The zero-order valence-corrected chi connectivity index (χ0v) is 17.8. The number of rotatable bonds is 8. The van der Waals surface area contributed by atoms with Crippen molar-refractivity contribution >= 4 is 29.1 Å². The van der Waals surface area contributed by atoms with Gasteiger partial charge in [-0.3, -0.25) is 9.59 Å². The number of hydrogen-bond acceptors (Lipinski definition) is 6. The van der Waals surface area contributed by atoms with Crippen LogP contribution in [0.2, 0.25) is 5.02 Å². The second-order valence-corrected chi connectivity index (χ2v) is 7.53. The summed E-state index contributed by atoms with van der Waals surface area (Å²) in [6.45, 7) is 4.55. The van der Waals surface area contributed by atoms with Gasteiger partial charge in [0.25, 0.3) is 11.7 Å². The molecule has 0 radical (unpaired) electrons. The number of methoxy groups -OCH3 is 1. The van der Waals surface area contributed by atoms with E-state index in [9.17, 15) is 14.7 Å². The molecule has 1 atom stereocenters. The predicted octanol–water partition coefficient (Wildman–Crippen LogP) is 4.18. The molecular weight excluding hydrogens is 410 g/mol. The lowest BCUT2D eigenvalue weighted by Crippen LogP contribution is -2.31. The fraction of sp³-hybridized carbons (Fsp3) is 0.364. The summed E-state index contributed by atoms with van der Waals surface area (Å²) in [5, 5.41) is 11.2. The maximum Gasteiger partial charge on any atom is 0.295 e. The van der Waals surface area contributed by atoms with E-state index in [1.807, 2.05) is 13.8 Å². The summed E-state index contributed by atoms with van der Waals surface area (Å²) in [6.07, 6.45) is 2.05. The average molecular weight is 434 g/mol. The number of ketones is 1. The van der Waals surface area contributed by atoms with Crippen molar-refractivity contribution in [1.29, 1.82) is 0 Å². The van der Waals surface area contributed by atoms with E-state index in [-0.39, 0.29) is 34.6 Å². The monoisotopic (exact) mass is 433 g/mol. The van der Waals surface area contributed by atoms with E-state index in [0.717, 1.165) is 0 Å². The smallest absolute Gasteiger partial charge is 0.295 e. The number of carbonyl (C=O) groups excluding carboxylic acids is 2. The van der Waals surface area contributed by atoms with Gasteiger partial charge in [-0.15, -0.1) is 0 Å². The lowest BCUT2D eigenvalue weighted by Gasteiger charge is -2.23. The highest BCUT2D eigenvalue weighted by Gasteiger charge is 2.47. The predicted molar refractivity (Wildman–Crippen MR) is 111 cm³/mol. The van der Waals surface area contributed by atoms with E-state index in [1.54, 1.807) is 24.3 Å². The quantitative estimate of drug-likeness (QED) is 0.291. The summed E-state index contributed by atoms with van der Waals surface area (Å²) in [6, 6.07) is 7.17. The minimum atomic E-state index is -0.860. The number of aliphatic hydroxyl groups is 1. The largest absolute Gasteiger partial charge is 0.507 e. The number of ether oxygens (including phenoxy) is 2. The molecule has 0 spiro atoms. The van der Waals surface area contributed by atoms with Crippen molar-refractivity contribution in [3.63, 3.8) is 0 Å². The molecule has 1 aromatic heterocycles. The molecule has 7 nitrogen and oxygen atoms in total. The van der Waals surface area contributed by atoms with Crippen molar-refractivity contribution in [2.45, 2.75) is 32.4 Å². The minimum absolute atomic E-state index is 0.0662. The molecule has 2 heterocycles. The Kier molecular flexibility index (Phi) is 6.84. The lowest BCUT2D eigenvalue weighted by atomic mass is 9.99. The van der Waals surface area contributed by atoms with Crippen molar-refractivity contribution < 1.29 is 28.6 Å². The molecule has 0 saturated carbocycles. The molecule has 30 heavy (non-hydrogen) atoms. The Morgan fingerprint density at radius 3 is 2.70 bits per heavy atom. The van der Waals surface area contributed by atoms with Crippen LogP contribution in [0.3, 0.4) is 0 Å². The Hall–Kier alpha value is -2.77.